The maximum absolute atomic E-state index is 15.0. The minimum absolute atomic E-state index is 0.122. The van der Waals surface area contributed by atoms with E-state index >= 15 is 0 Å². The van der Waals surface area contributed by atoms with Crippen molar-refractivity contribution in [2.24, 2.45) is 0 Å². The molecule has 36 heavy (non-hydrogen) atoms. The van der Waals surface area contributed by atoms with Crippen LogP contribution in [-0.4, -0.2) is 8.42 Å². The second kappa shape index (κ2) is 10.8. The van der Waals surface area contributed by atoms with E-state index in [9.17, 15) is 21.6 Å². The van der Waals surface area contributed by atoms with Gasteiger partial charge in [-0.1, -0.05) is 48.0 Å². The molecule has 8 heteroatoms. The Morgan fingerprint density at radius 1 is 0.861 bits per heavy atom. The predicted molar refractivity (Wildman–Crippen MR) is 136 cm³/mol. The van der Waals surface area contributed by atoms with E-state index < -0.39 is 33.4 Å². The summed E-state index contributed by atoms with van der Waals surface area (Å²) in [5.74, 6) is -2.02. The maximum atomic E-state index is 15.0. The van der Waals surface area contributed by atoms with E-state index in [1.807, 2.05) is 6.42 Å². The predicted octanol–water partition coefficient (Wildman–Crippen LogP) is 7.51. The van der Waals surface area contributed by atoms with Crippen molar-refractivity contribution in [1.82, 2.24) is 0 Å². The van der Waals surface area contributed by atoms with Crippen LogP contribution < -0.4 is 4.31 Å². The van der Waals surface area contributed by atoms with Crippen LogP contribution in [0.3, 0.4) is 0 Å². The fraction of sp³-hybridized carbons (Fsp3) is 0.107. The molecule has 0 unspecified atom stereocenters. The molecule has 0 N–H and O–H groups in total. The van der Waals surface area contributed by atoms with Crippen LogP contribution in [0.25, 0.3) is 0 Å². The van der Waals surface area contributed by atoms with Crippen LogP contribution in [0.1, 0.15) is 29.7 Å². The summed E-state index contributed by atoms with van der Waals surface area (Å²) in [6, 6.07) is 20.4. The molecule has 3 nitrogen and oxygen atoms in total. The van der Waals surface area contributed by atoms with Crippen molar-refractivity contribution in [3.8, 4) is 0 Å². The highest BCUT2D eigenvalue weighted by molar-refractivity contribution is 7.92. The molecule has 4 aromatic rings. The SMILES string of the molecule is C[C@H](c1ccccc1[CH]Cc1cccc(F)c1)N(c1cc(F)ccc1F)S(=O)(=O)c1ccc(Cl)cc1. The molecule has 0 amide bonds. The lowest BCUT2D eigenvalue weighted by atomic mass is 9.96. The lowest BCUT2D eigenvalue weighted by Crippen LogP contribution is -2.35. The van der Waals surface area contributed by atoms with Crippen molar-refractivity contribution in [2.75, 3.05) is 4.31 Å². The summed E-state index contributed by atoms with van der Waals surface area (Å²) in [7, 11) is -4.34. The minimum Gasteiger partial charge on any atom is -0.256 e. The van der Waals surface area contributed by atoms with Gasteiger partial charge in [0, 0.05) is 11.1 Å². The fourth-order valence-electron chi connectivity index (χ4n) is 4.02. The van der Waals surface area contributed by atoms with Crippen molar-refractivity contribution in [1.29, 1.82) is 0 Å². The Balaban J connectivity index is 1.79. The zero-order valence-corrected chi connectivity index (χ0v) is 20.8. The van der Waals surface area contributed by atoms with Gasteiger partial charge in [-0.3, -0.25) is 4.31 Å². The van der Waals surface area contributed by atoms with E-state index in [1.165, 1.54) is 36.4 Å². The number of hydrogen-bond donors (Lipinski definition) is 0. The van der Waals surface area contributed by atoms with Crippen LogP contribution in [0.4, 0.5) is 18.9 Å². The average molecular weight is 529 g/mol. The molecule has 0 aliphatic carbocycles. The Bertz CT molecular complexity index is 1480. The van der Waals surface area contributed by atoms with E-state index in [-0.39, 0.29) is 10.7 Å². The number of anilines is 1. The number of sulfonamides is 1. The summed E-state index contributed by atoms with van der Waals surface area (Å²) in [4.78, 5) is -0.122. The molecule has 0 aliphatic rings. The molecule has 4 rings (SSSR count). The average Bonchev–Trinajstić information content (AvgIpc) is 2.85. The first-order valence-corrected chi connectivity index (χ1v) is 12.9. The van der Waals surface area contributed by atoms with Crippen molar-refractivity contribution >= 4 is 27.3 Å². The van der Waals surface area contributed by atoms with Crippen molar-refractivity contribution in [3.63, 3.8) is 0 Å². The van der Waals surface area contributed by atoms with Crippen LogP contribution in [0, 0.1) is 23.9 Å². The van der Waals surface area contributed by atoms with Crippen LogP contribution >= 0.6 is 11.6 Å². The molecular formula is C28H22ClF3NO2S. The lowest BCUT2D eigenvalue weighted by molar-refractivity contribution is 0.570. The zero-order valence-electron chi connectivity index (χ0n) is 19.2. The van der Waals surface area contributed by atoms with E-state index in [4.69, 9.17) is 11.6 Å². The van der Waals surface area contributed by atoms with E-state index in [2.05, 4.69) is 0 Å². The summed E-state index contributed by atoms with van der Waals surface area (Å²) in [6.45, 7) is 1.60. The van der Waals surface area contributed by atoms with Gasteiger partial charge in [-0.2, -0.15) is 0 Å². The molecule has 0 bridgehead atoms. The second-order valence-corrected chi connectivity index (χ2v) is 10.4. The van der Waals surface area contributed by atoms with Crippen LogP contribution in [0.2, 0.25) is 5.02 Å². The monoisotopic (exact) mass is 528 g/mol. The van der Waals surface area contributed by atoms with Crippen LogP contribution in [0.5, 0.6) is 0 Å². The molecule has 185 valence electrons. The van der Waals surface area contributed by atoms with Gasteiger partial charge in [-0.15, -0.1) is 0 Å². The molecule has 0 saturated heterocycles. The van der Waals surface area contributed by atoms with Gasteiger partial charge in [0.15, 0.2) is 0 Å². The smallest absolute Gasteiger partial charge is 0.256 e. The third kappa shape index (κ3) is 5.58. The molecule has 0 heterocycles. The van der Waals surface area contributed by atoms with Gasteiger partial charge in [0.2, 0.25) is 0 Å². The first-order valence-electron chi connectivity index (χ1n) is 11.1. The summed E-state index contributed by atoms with van der Waals surface area (Å²) in [5, 5.41) is 0.336. The topological polar surface area (TPSA) is 37.4 Å². The lowest BCUT2D eigenvalue weighted by Gasteiger charge is -2.32. The Labute approximate surface area is 213 Å². The van der Waals surface area contributed by atoms with Crippen LogP contribution in [-0.2, 0) is 16.4 Å². The van der Waals surface area contributed by atoms with Crippen LogP contribution in [0.15, 0.2) is 95.9 Å². The zero-order chi connectivity index (χ0) is 25.9. The molecule has 0 spiro atoms. The molecule has 0 aliphatic heterocycles. The Morgan fingerprint density at radius 3 is 2.28 bits per heavy atom. The third-order valence-electron chi connectivity index (χ3n) is 5.76. The quantitative estimate of drug-likeness (QED) is 0.237. The molecule has 0 saturated carbocycles. The van der Waals surface area contributed by atoms with Gasteiger partial charge in [0.1, 0.15) is 17.5 Å². The number of hydrogen-bond acceptors (Lipinski definition) is 2. The van der Waals surface area contributed by atoms with E-state index in [0.717, 1.165) is 28.1 Å². The van der Waals surface area contributed by atoms with Crippen molar-refractivity contribution < 1.29 is 21.6 Å². The first-order chi connectivity index (χ1) is 17.2. The minimum atomic E-state index is -4.34. The Morgan fingerprint density at radius 2 is 1.56 bits per heavy atom. The molecule has 4 aromatic carbocycles. The Kier molecular flexibility index (Phi) is 7.71. The highest BCUT2D eigenvalue weighted by Gasteiger charge is 2.33. The Hall–Kier alpha value is -3.29. The molecular weight excluding hydrogens is 507 g/mol. The van der Waals surface area contributed by atoms with Gasteiger partial charge < -0.3 is 0 Å². The van der Waals surface area contributed by atoms with Gasteiger partial charge in [-0.05, 0) is 85.0 Å². The molecule has 0 aromatic heterocycles. The number of benzene rings is 4. The highest BCUT2D eigenvalue weighted by atomic mass is 35.5. The first kappa shape index (κ1) is 25.8. The maximum Gasteiger partial charge on any atom is 0.264 e. The van der Waals surface area contributed by atoms with Gasteiger partial charge in [0.05, 0.1) is 16.6 Å². The fourth-order valence-corrected chi connectivity index (χ4v) is 5.78. The van der Waals surface area contributed by atoms with Crippen molar-refractivity contribution in [2.45, 2.75) is 24.3 Å². The second-order valence-electron chi connectivity index (χ2n) is 8.19. The summed E-state index contributed by atoms with van der Waals surface area (Å²) in [6.07, 6.45) is 2.23. The van der Waals surface area contributed by atoms with E-state index in [0.29, 0.717) is 22.6 Å². The molecule has 1 atom stereocenters. The van der Waals surface area contributed by atoms with Gasteiger partial charge >= 0.3 is 0 Å². The standard InChI is InChI=1S/C28H22ClF3NO2S/c1-19(26-8-3-2-6-21(26)10-9-20-5-4-7-23(30)17-20)33(28-18-24(31)13-16-27(28)32)36(34,35)25-14-11-22(29)12-15-25/h2-8,10-19H,9H2,1H3/t19-/m1/s1. The number of rotatable bonds is 8. The van der Waals surface area contributed by atoms with Crippen molar-refractivity contribution in [3.05, 3.63) is 137 Å². The third-order valence-corrected chi connectivity index (χ3v) is 7.91. The molecule has 0 fully saturated rings. The number of halogens is 4. The summed E-state index contributed by atoms with van der Waals surface area (Å²) in [5.41, 5.74) is 1.56. The molecule has 1 radical (unpaired) electrons. The highest BCUT2D eigenvalue weighted by Crippen LogP contribution is 2.37. The van der Waals surface area contributed by atoms with Gasteiger partial charge in [0.25, 0.3) is 10.0 Å². The summed E-state index contributed by atoms with van der Waals surface area (Å²) >= 11 is 5.93. The largest absolute Gasteiger partial charge is 0.264 e. The number of nitrogens with zero attached hydrogens (tertiary/aromatic N) is 1. The summed E-state index contributed by atoms with van der Waals surface area (Å²) < 4.78 is 71.3. The normalized spacial score (nSPS) is 12.4. The van der Waals surface area contributed by atoms with Gasteiger partial charge in [-0.25, -0.2) is 21.6 Å². The van der Waals surface area contributed by atoms with E-state index in [1.54, 1.807) is 43.3 Å².